The van der Waals surface area contributed by atoms with Crippen LogP contribution in [0.15, 0.2) is 48.5 Å². The second-order valence-electron chi connectivity index (χ2n) is 7.31. The van der Waals surface area contributed by atoms with E-state index in [0.29, 0.717) is 36.7 Å². The molecule has 5 amide bonds. The molecule has 1 fully saturated rings. The highest BCUT2D eigenvalue weighted by Gasteiger charge is 2.51. The van der Waals surface area contributed by atoms with Crippen molar-refractivity contribution in [3.05, 3.63) is 59.7 Å². The molecule has 0 radical (unpaired) electrons. The van der Waals surface area contributed by atoms with Crippen LogP contribution in [0.3, 0.4) is 0 Å². The fourth-order valence-corrected chi connectivity index (χ4v) is 3.70. The Hall–Kier alpha value is -4.08. The molecule has 0 bridgehead atoms. The monoisotopic (exact) mass is 438 g/mol. The van der Waals surface area contributed by atoms with Crippen molar-refractivity contribution in [1.29, 1.82) is 0 Å². The highest BCUT2D eigenvalue weighted by atomic mass is 16.6. The molecule has 2 aliphatic heterocycles. The maximum absolute atomic E-state index is 13.1. The Labute approximate surface area is 183 Å². The van der Waals surface area contributed by atoms with Crippen LogP contribution in [0.5, 0.6) is 11.5 Å². The number of hydrogen-bond acceptors (Lipinski definition) is 6. The minimum Gasteiger partial charge on any atom is -0.486 e. The topological polar surface area (TPSA) is 126 Å². The van der Waals surface area contributed by atoms with Gasteiger partial charge < -0.3 is 14.8 Å². The van der Waals surface area contributed by atoms with Crippen molar-refractivity contribution in [2.24, 2.45) is 0 Å². The van der Waals surface area contributed by atoms with Crippen molar-refractivity contribution >= 4 is 23.8 Å². The Balaban J connectivity index is 1.38. The maximum Gasteiger partial charge on any atom is 0.325 e. The van der Waals surface area contributed by atoms with Gasteiger partial charge in [0.05, 0.1) is 0 Å². The van der Waals surface area contributed by atoms with Gasteiger partial charge in [-0.15, -0.1) is 0 Å². The van der Waals surface area contributed by atoms with E-state index in [0.717, 1.165) is 4.90 Å². The Morgan fingerprint density at radius 2 is 1.75 bits per heavy atom. The van der Waals surface area contributed by atoms with Crippen LogP contribution in [-0.2, 0) is 15.1 Å². The van der Waals surface area contributed by atoms with Crippen molar-refractivity contribution < 1.29 is 28.7 Å². The molecule has 10 nitrogen and oxygen atoms in total. The van der Waals surface area contributed by atoms with Gasteiger partial charge >= 0.3 is 6.03 Å². The number of ether oxygens (including phenoxy) is 2. The number of hydrazine groups is 1. The molecule has 2 aliphatic rings. The van der Waals surface area contributed by atoms with Gasteiger partial charge in [-0.1, -0.05) is 37.3 Å². The van der Waals surface area contributed by atoms with Crippen LogP contribution in [0.25, 0.3) is 0 Å². The summed E-state index contributed by atoms with van der Waals surface area (Å²) in [6.07, 6.45) is 0.320. The average molecular weight is 438 g/mol. The molecule has 2 aromatic rings. The molecule has 10 heteroatoms. The van der Waals surface area contributed by atoms with E-state index in [4.69, 9.17) is 9.47 Å². The zero-order valence-electron chi connectivity index (χ0n) is 17.3. The predicted octanol–water partition coefficient (Wildman–Crippen LogP) is 1.08. The quantitative estimate of drug-likeness (QED) is 0.474. The number of nitrogens with one attached hydrogen (secondary N) is 3. The number of imide groups is 1. The smallest absolute Gasteiger partial charge is 0.325 e. The highest BCUT2D eigenvalue weighted by molar-refractivity contribution is 6.09. The number of hydrogen-bond donors (Lipinski definition) is 3. The van der Waals surface area contributed by atoms with Gasteiger partial charge in [0.2, 0.25) is 0 Å². The molecule has 0 spiro atoms. The second kappa shape index (κ2) is 8.58. The lowest BCUT2D eigenvalue weighted by Crippen LogP contribution is -2.48. The lowest BCUT2D eigenvalue weighted by molar-refractivity contribution is -0.135. The molecule has 32 heavy (non-hydrogen) atoms. The van der Waals surface area contributed by atoms with E-state index in [9.17, 15) is 19.2 Å². The van der Waals surface area contributed by atoms with Crippen molar-refractivity contribution in [2.45, 2.75) is 18.9 Å². The Kier molecular flexibility index (Phi) is 5.67. The standard InChI is InChI=1S/C22H22N4O6/c1-2-22(15-6-4-3-5-7-15)20(29)26(21(30)23-22)13-18(27)24-25-19(28)14-8-9-16-17(12-14)32-11-10-31-16/h3-9,12H,2,10-11,13H2,1H3,(H,23,30)(H,24,27)(H,25,28). The zero-order chi connectivity index (χ0) is 22.7. The SMILES string of the molecule is CCC1(c2ccccc2)NC(=O)N(CC(=O)NNC(=O)c2ccc3c(c2)OCCO3)C1=O. The Bertz CT molecular complexity index is 1070. The predicted molar refractivity (Wildman–Crippen MR) is 112 cm³/mol. The number of benzene rings is 2. The van der Waals surface area contributed by atoms with E-state index in [1.807, 2.05) is 6.07 Å². The number of carbonyl (C=O) groups is 4. The third-order valence-corrected chi connectivity index (χ3v) is 5.39. The fourth-order valence-electron chi connectivity index (χ4n) is 3.70. The molecule has 2 aromatic carbocycles. The lowest BCUT2D eigenvalue weighted by Gasteiger charge is -2.25. The van der Waals surface area contributed by atoms with Gasteiger partial charge in [0.15, 0.2) is 11.5 Å². The largest absolute Gasteiger partial charge is 0.486 e. The third kappa shape index (κ3) is 3.82. The second-order valence-corrected chi connectivity index (χ2v) is 7.31. The number of amides is 5. The molecule has 2 heterocycles. The number of urea groups is 1. The van der Waals surface area contributed by atoms with Crippen LogP contribution in [0.2, 0.25) is 0 Å². The maximum atomic E-state index is 13.1. The number of nitrogens with zero attached hydrogens (tertiary/aromatic N) is 1. The molecular formula is C22H22N4O6. The summed E-state index contributed by atoms with van der Waals surface area (Å²) in [7, 11) is 0. The summed E-state index contributed by atoms with van der Waals surface area (Å²) in [6, 6.07) is 12.8. The van der Waals surface area contributed by atoms with E-state index in [1.165, 1.54) is 12.1 Å². The third-order valence-electron chi connectivity index (χ3n) is 5.39. The van der Waals surface area contributed by atoms with Crippen LogP contribution in [-0.4, -0.2) is 48.4 Å². The van der Waals surface area contributed by atoms with Gasteiger partial charge in [-0.05, 0) is 30.2 Å². The summed E-state index contributed by atoms with van der Waals surface area (Å²) < 4.78 is 10.8. The van der Waals surface area contributed by atoms with Crippen molar-refractivity contribution in [3.63, 3.8) is 0 Å². The van der Waals surface area contributed by atoms with Crippen molar-refractivity contribution in [1.82, 2.24) is 21.1 Å². The Morgan fingerprint density at radius 1 is 1.03 bits per heavy atom. The van der Waals surface area contributed by atoms with Crippen LogP contribution in [0.1, 0.15) is 29.3 Å². The van der Waals surface area contributed by atoms with Crippen LogP contribution in [0, 0.1) is 0 Å². The van der Waals surface area contributed by atoms with Gasteiger partial charge in [-0.3, -0.25) is 30.1 Å². The van der Waals surface area contributed by atoms with E-state index in [1.54, 1.807) is 37.3 Å². The molecule has 4 rings (SSSR count). The number of fused-ring (bicyclic) bond motifs is 1. The molecule has 166 valence electrons. The highest BCUT2D eigenvalue weighted by Crippen LogP contribution is 2.32. The van der Waals surface area contributed by atoms with E-state index < -0.39 is 35.8 Å². The molecule has 1 atom stereocenters. The molecule has 1 saturated heterocycles. The molecule has 0 aliphatic carbocycles. The average Bonchev–Trinajstić information content (AvgIpc) is 3.07. The summed E-state index contributed by atoms with van der Waals surface area (Å²) >= 11 is 0. The zero-order valence-corrected chi connectivity index (χ0v) is 17.3. The van der Waals surface area contributed by atoms with E-state index in [-0.39, 0.29) is 5.56 Å². The van der Waals surface area contributed by atoms with Crippen LogP contribution < -0.4 is 25.6 Å². The molecule has 1 unspecified atom stereocenters. The Morgan fingerprint density at radius 3 is 2.47 bits per heavy atom. The molecule has 3 N–H and O–H groups in total. The minimum absolute atomic E-state index is 0.249. The van der Waals surface area contributed by atoms with Crippen LogP contribution in [0.4, 0.5) is 4.79 Å². The first-order valence-corrected chi connectivity index (χ1v) is 10.1. The van der Waals surface area contributed by atoms with Gasteiger partial charge in [0.1, 0.15) is 25.3 Å². The summed E-state index contributed by atoms with van der Waals surface area (Å²) in [4.78, 5) is 51.1. The van der Waals surface area contributed by atoms with Gasteiger partial charge in [-0.25, -0.2) is 4.79 Å². The summed E-state index contributed by atoms with van der Waals surface area (Å²) in [6.45, 7) is 2.05. The lowest BCUT2D eigenvalue weighted by atomic mass is 9.87. The minimum atomic E-state index is -1.23. The van der Waals surface area contributed by atoms with E-state index >= 15 is 0 Å². The summed E-state index contributed by atoms with van der Waals surface area (Å²) in [5, 5.41) is 2.70. The summed E-state index contributed by atoms with van der Waals surface area (Å²) in [5.74, 6) is -0.858. The first kappa shape index (κ1) is 21.2. The first-order chi connectivity index (χ1) is 15.4. The number of carbonyl (C=O) groups excluding carboxylic acids is 4. The van der Waals surface area contributed by atoms with Crippen molar-refractivity contribution in [3.8, 4) is 11.5 Å². The number of rotatable bonds is 5. The molecule has 0 saturated carbocycles. The fraction of sp³-hybridized carbons (Fsp3) is 0.273. The van der Waals surface area contributed by atoms with Gasteiger partial charge in [0, 0.05) is 5.56 Å². The first-order valence-electron chi connectivity index (χ1n) is 10.1. The normalized spacial score (nSPS) is 19.3. The van der Waals surface area contributed by atoms with Crippen LogP contribution >= 0.6 is 0 Å². The molecule has 0 aromatic heterocycles. The summed E-state index contributed by atoms with van der Waals surface area (Å²) in [5.41, 5.74) is 4.16. The van der Waals surface area contributed by atoms with E-state index in [2.05, 4.69) is 16.2 Å². The molecular weight excluding hydrogens is 416 g/mol. The van der Waals surface area contributed by atoms with Gasteiger partial charge in [-0.2, -0.15) is 0 Å². The van der Waals surface area contributed by atoms with Crippen molar-refractivity contribution in [2.75, 3.05) is 19.8 Å². The van der Waals surface area contributed by atoms with Gasteiger partial charge in [0.25, 0.3) is 17.7 Å².